The Bertz CT molecular complexity index is 898. The van der Waals surface area contributed by atoms with E-state index >= 15 is 0 Å². The summed E-state index contributed by atoms with van der Waals surface area (Å²) in [6, 6.07) is 8.25. The highest BCUT2D eigenvalue weighted by atomic mass is 15.3. The minimum Gasteiger partial charge on any atom is -0.357 e. The molecule has 1 aromatic carbocycles. The third kappa shape index (κ3) is 3.60. The van der Waals surface area contributed by atoms with Gasteiger partial charge in [-0.2, -0.15) is 5.10 Å². The predicted molar refractivity (Wildman–Crippen MR) is 103 cm³/mol. The molecule has 0 unspecified atom stereocenters. The zero-order chi connectivity index (χ0) is 17.9. The number of hydrogen-bond donors (Lipinski definition) is 4. The van der Waals surface area contributed by atoms with Crippen molar-refractivity contribution in [3.05, 3.63) is 47.9 Å². The van der Waals surface area contributed by atoms with Gasteiger partial charge in [0.2, 0.25) is 0 Å². The molecule has 0 amide bonds. The summed E-state index contributed by atoms with van der Waals surface area (Å²) in [4.78, 5) is 11.2. The van der Waals surface area contributed by atoms with Crippen LogP contribution in [0.4, 0.5) is 28.8 Å². The third-order valence-corrected chi connectivity index (χ3v) is 4.28. The van der Waals surface area contributed by atoms with E-state index in [-0.39, 0.29) is 0 Å². The largest absolute Gasteiger partial charge is 0.357 e. The van der Waals surface area contributed by atoms with Crippen molar-refractivity contribution in [2.75, 3.05) is 35.3 Å². The van der Waals surface area contributed by atoms with E-state index in [4.69, 9.17) is 0 Å². The summed E-state index contributed by atoms with van der Waals surface area (Å²) in [5.74, 6) is 2.03. The van der Waals surface area contributed by atoms with E-state index in [1.165, 1.54) is 11.3 Å². The average molecular weight is 350 g/mol. The highest BCUT2D eigenvalue weighted by Gasteiger charge is 2.14. The minimum absolute atomic E-state index is 0.637. The van der Waals surface area contributed by atoms with Gasteiger partial charge < -0.3 is 15.5 Å². The number of nitrogens with zero attached hydrogens (tertiary/aromatic N) is 4. The molecule has 3 aromatic rings. The van der Waals surface area contributed by atoms with Crippen LogP contribution in [0.15, 0.2) is 36.7 Å². The molecule has 2 aromatic heterocycles. The van der Waals surface area contributed by atoms with Gasteiger partial charge in [-0.1, -0.05) is 6.07 Å². The van der Waals surface area contributed by atoms with Crippen LogP contribution in [0.25, 0.3) is 0 Å². The van der Waals surface area contributed by atoms with Gasteiger partial charge in [-0.05, 0) is 31.5 Å². The van der Waals surface area contributed by atoms with Gasteiger partial charge in [0.15, 0.2) is 17.5 Å². The molecule has 26 heavy (non-hydrogen) atoms. The van der Waals surface area contributed by atoms with Crippen molar-refractivity contribution >= 4 is 28.8 Å². The van der Waals surface area contributed by atoms with Gasteiger partial charge in [-0.15, -0.1) is 0 Å². The molecule has 1 saturated heterocycles. The number of nitrogens with one attached hydrogen (secondary N) is 4. The Morgan fingerprint density at radius 3 is 2.62 bits per heavy atom. The van der Waals surface area contributed by atoms with Crippen LogP contribution in [0.2, 0.25) is 0 Å². The van der Waals surface area contributed by atoms with E-state index < -0.39 is 0 Å². The lowest BCUT2D eigenvalue weighted by molar-refractivity contribution is 0.854. The quantitative estimate of drug-likeness (QED) is 0.562. The van der Waals surface area contributed by atoms with Gasteiger partial charge in [-0.25, -0.2) is 4.98 Å². The van der Waals surface area contributed by atoms with Crippen LogP contribution < -0.4 is 20.9 Å². The fourth-order valence-corrected chi connectivity index (χ4v) is 2.99. The van der Waals surface area contributed by atoms with Crippen molar-refractivity contribution in [3.63, 3.8) is 0 Å². The highest BCUT2D eigenvalue weighted by Crippen LogP contribution is 2.26. The first-order valence-corrected chi connectivity index (χ1v) is 8.62. The second-order valence-corrected chi connectivity index (χ2v) is 6.40. The van der Waals surface area contributed by atoms with Crippen molar-refractivity contribution in [1.29, 1.82) is 0 Å². The Hall–Kier alpha value is -3.13. The summed E-state index contributed by atoms with van der Waals surface area (Å²) in [5, 5.41) is 16.9. The van der Waals surface area contributed by atoms with Crippen molar-refractivity contribution in [2.45, 2.75) is 13.8 Å². The van der Waals surface area contributed by atoms with Gasteiger partial charge in [-0.3, -0.25) is 15.4 Å². The van der Waals surface area contributed by atoms with Crippen LogP contribution in [-0.4, -0.2) is 39.9 Å². The summed E-state index contributed by atoms with van der Waals surface area (Å²) < 4.78 is 0. The molecule has 0 saturated carbocycles. The topological polar surface area (TPSA) is 93.8 Å². The molecule has 3 heterocycles. The molecule has 4 N–H and O–H groups in total. The molecule has 4 rings (SSSR count). The smallest absolute Gasteiger partial charge is 0.153 e. The highest BCUT2D eigenvalue weighted by molar-refractivity contribution is 5.67. The fraction of sp³-hybridized carbons (Fsp3) is 0.278. The van der Waals surface area contributed by atoms with Crippen molar-refractivity contribution in [1.82, 2.24) is 25.5 Å². The number of anilines is 5. The van der Waals surface area contributed by atoms with Gasteiger partial charge in [0.05, 0.1) is 19.1 Å². The minimum atomic E-state index is 0.637. The molecule has 134 valence electrons. The summed E-state index contributed by atoms with van der Waals surface area (Å²) in [6.45, 7) is 7.00. The van der Waals surface area contributed by atoms with Crippen LogP contribution >= 0.6 is 0 Å². The van der Waals surface area contributed by atoms with E-state index in [0.717, 1.165) is 31.1 Å². The Kier molecular flexibility index (Phi) is 4.40. The SMILES string of the molecule is Cc1cc(Nc2cncc(Nc3ccc(C)c(N4CCNC4)c3)n2)n[nH]1. The Labute approximate surface area is 152 Å². The molecule has 8 nitrogen and oxygen atoms in total. The molecule has 1 aliphatic rings. The molecule has 0 spiro atoms. The maximum atomic E-state index is 4.56. The van der Waals surface area contributed by atoms with Gasteiger partial charge in [0.25, 0.3) is 0 Å². The van der Waals surface area contributed by atoms with Crippen LogP contribution in [0.1, 0.15) is 11.3 Å². The van der Waals surface area contributed by atoms with E-state index in [9.17, 15) is 0 Å². The number of H-pyrrole nitrogens is 1. The van der Waals surface area contributed by atoms with Crippen LogP contribution in [0, 0.1) is 13.8 Å². The maximum absolute atomic E-state index is 4.56. The van der Waals surface area contributed by atoms with Gasteiger partial charge in [0.1, 0.15) is 0 Å². The van der Waals surface area contributed by atoms with Crippen molar-refractivity contribution in [3.8, 4) is 0 Å². The molecule has 1 aliphatic heterocycles. The molecule has 8 heteroatoms. The number of benzene rings is 1. The number of aryl methyl sites for hydroxylation is 2. The lowest BCUT2D eigenvalue weighted by Crippen LogP contribution is -2.21. The monoisotopic (exact) mass is 350 g/mol. The van der Waals surface area contributed by atoms with E-state index in [1.807, 2.05) is 13.0 Å². The van der Waals surface area contributed by atoms with Crippen LogP contribution in [0.5, 0.6) is 0 Å². The van der Waals surface area contributed by atoms with Crippen LogP contribution in [-0.2, 0) is 0 Å². The number of aromatic nitrogens is 4. The zero-order valence-electron chi connectivity index (χ0n) is 14.9. The number of hydrogen-bond acceptors (Lipinski definition) is 7. The second kappa shape index (κ2) is 7.01. The normalized spacial score (nSPS) is 13.8. The predicted octanol–water partition coefficient (Wildman–Crippen LogP) is 2.67. The average Bonchev–Trinajstić information content (AvgIpc) is 3.29. The van der Waals surface area contributed by atoms with E-state index in [0.29, 0.717) is 17.5 Å². The standard InChI is InChI=1S/C18H22N8/c1-12-3-4-14(8-15(12)26-6-5-19-11-26)21-17-9-20-10-18(23-17)22-16-7-13(2)24-25-16/h3-4,7-10,19H,5-6,11H2,1-2H3,(H3,21,22,23,24,25). The number of aromatic amines is 1. The summed E-state index contributed by atoms with van der Waals surface area (Å²) >= 11 is 0. The number of rotatable bonds is 5. The first-order valence-electron chi connectivity index (χ1n) is 8.62. The molecule has 0 radical (unpaired) electrons. The molecule has 0 atom stereocenters. The third-order valence-electron chi connectivity index (χ3n) is 4.28. The molecule has 0 aliphatic carbocycles. The first-order chi connectivity index (χ1) is 12.7. The maximum Gasteiger partial charge on any atom is 0.153 e. The van der Waals surface area contributed by atoms with Crippen molar-refractivity contribution < 1.29 is 0 Å². The van der Waals surface area contributed by atoms with Crippen LogP contribution in [0.3, 0.4) is 0 Å². The molecule has 1 fully saturated rings. The van der Waals surface area contributed by atoms with Crippen molar-refractivity contribution in [2.24, 2.45) is 0 Å². The first kappa shape index (κ1) is 16.3. The second-order valence-electron chi connectivity index (χ2n) is 6.40. The molecular weight excluding hydrogens is 328 g/mol. The molecular formula is C18H22N8. The lowest BCUT2D eigenvalue weighted by Gasteiger charge is -2.20. The summed E-state index contributed by atoms with van der Waals surface area (Å²) in [7, 11) is 0. The Balaban J connectivity index is 1.52. The van der Waals surface area contributed by atoms with E-state index in [2.05, 4.69) is 66.1 Å². The summed E-state index contributed by atoms with van der Waals surface area (Å²) in [5.41, 5.74) is 4.46. The lowest BCUT2D eigenvalue weighted by atomic mass is 10.1. The van der Waals surface area contributed by atoms with Gasteiger partial charge >= 0.3 is 0 Å². The molecule has 0 bridgehead atoms. The Morgan fingerprint density at radius 1 is 1.04 bits per heavy atom. The zero-order valence-corrected chi connectivity index (χ0v) is 14.9. The van der Waals surface area contributed by atoms with Gasteiger partial charge in [0, 0.05) is 36.2 Å². The van der Waals surface area contributed by atoms with E-state index in [1.54, 1.807) is 12.4 Å². The summed E-state index contributed by atoms with van der Waals surface area (Å²) in [6.07, 6.45) is 3.38. The fourth-order valence-electron chi connectivity index (χ4n) is 2.99. The Morgan fingerprint density at radius 2 is 1.88 bits per heavy atom.